The van der Waals surface area contributed by atoms with E-state index < -0.39 is 0 Å². The fourth-order valence-corrected chi connectivity index (χ4v) is 1.71. The smallest absolute Gasteiger partial charge is 0.252 e. The summed E-state index contributed by atoms with van der Waals surface area (Å²) in [5.74, 6) is 0.00427. The zero-order valence-electron chi connectivity index (χ0n) is 9.78. The van der Waals surface area contributed by atoms with Crippen LogP contribution in [0.5, 0.6) is 0 Å². The molecule has 0 radical (unpaired) electrons. The van der Waals surface area contributed by atoms with Crippen LogP contribution in [0.15, 0.2) is 18.5 Å². The summed E-state index contributed by atoms with van der Waals surface area (Å²) in [6, 6.07) is 1.56. The van der Waals surface area contributed by atoms with Gasteiger partial charge in [-0.1, -0.05) is 11.6 Å². The Hall–Kier alpha value is -1.62. The summed E-state index contributed by atoms with van der Waals surface area (Å²) < 4.78 is 0. The second-order valence-electron chi connectivity index (χ2n) is 4.18. The third-order valence-corrected chi connectivity index (χ3v) is 2.98. The minimum Gasteiger partial charge on any atom is -0.354 e. The van der Waals surface area contributed by atoms with Gasteiger partial charge in [0, 0.05) is 31.4 Å². The zero-order valence-corrected chi connectivity index (χ0v) is 10.5. The van der Waals surface area contributed by atoms with Crippen LogP contribution in [-0.2, 0) is 4.79 Å². The number of halogens is 1. The molecule has 2 N–H and O–H groups in total. The maximum Gasteiger partial charge on any atom is 0.252 e. The van der Waals surface area contributed by atoms with E-state index in [2.05, 4.69) is 15.6 Å². The highest BCUT2D eigenvalue weighted by molar-refractivity contribution is 6.33. The van der Waals surface area contributed by atoms with Crippen molar-refractivity contribution >= 4 is 23.4 Å². The molecule has 5 nitrogen and oxygen atoms in total. The van der Waals surface area contributed by atoms with Crippen molar-refractivity contribution < 1.29 is 9.59 Å². The average molecular weight is 268 g/mol. The van der Waals surface area contributed by atoms with Crippen LogP contribution in [0.3, 0.4) is 0 Å². The minimum absolute atomic E-state index is 0.0752. The molecule has 0 saturated heterocycles. The summed E-state index contributed by atoms with van der Waals surface area (Å²) in [5.41, 5.74) is 0.389. The normalized spacial score (nSPS) is 14.1. The molecule has 1 aliphatic carbocycles. The van der Waals surface area contributed by atoms with E-state index >= 15 is 0 Å². The topological polar surface area (TPSA) is 71.1 Å². The molecular formula is C12H14ClN3O2. The zero-order chi connectivity index (χ0) is 13.0. The number of hydrogen-bond acceptors (Lipinski definition) is 3. The van der Waals surface area contributed by atoms with Gasteiger partial charge in [0.05, 0.1) is 10.6 Å². The van der Waals surface area contributed by atoms with Gasteiger partial charge in [-0.2, -0.15) is 0 Å². The number of pyridine rings is 1. The van der Waals surface area contributed by atoms with E-state index in [1.54, 1.807) is 6.07 Å². The van der Waals surface area contributed by atoms with Gasteiger partial charge in [0.25, 0.3) is 5.91 Å². The quantitative estimate of drug-likeness (QED) is 0.782. The third kappa shape index (κ3) is 3.43. The van der Waals surface area contributed by atoms with E-state index in [0.29, 0.717) is 23.7 Å². The van der Waals surface area contributed by atoms with Crippen molar-refractivity contribution in [2.24, 2.45) is 5.92 Å². The SMILES string of the molecule is O=C(NCCNC(=O)C1CC1)c1ccncc1Cl. The van der Waals surface area contributed by atoms with Crippen molar-refractivity contribution in [3.05, 3.63) is 29.0 Å². The molecule has 6 heteroatoms. The van der Waals surface area contributed by atoms with E-state index in [1.807, 2.05) is 0 Å². The number of carbonyl (C=O) groups excluding carboxylic acids is 2. The average Bonchev–Trinajstić information content (AvgIpc) is 3.19. The van der Waals surface area contributed by atoms with Gasteiger partial charge in [-0.25, -0.2) is 0 Å². The molecule has 2 amide bonds. The molecule has 0 atom stereocenters. The second kappa shape index (κ2) is 5.82. The number of rotatable bonds is 5. The highest BCUT2D eigenvalue weighted by atomic mass is 35.5. The van der Waals surface area contributed by atoms with E-state index in [4.69, 9.17) is 11.6 Å². The van der Waals surface area contributed by atoms with Crippen LogP contribution < -0.4 is 10.6 Å². The van der Waals surface area contributed by atoms with Gasteiger partial charge in [0.15, 0.2) is 0 Å². The molecule has 1 fully saturated rings. The van der Waals surface area contributed by atoms with Gasteiger partial charge >= 0.3 is 0 Å². The standard InChI is InChI=1S/C12H14ClN3O2/c13-10-7-14-4-3-9(10)12(18)16-6-5-15-11(17)8-1-2-8/h3-4,7-8H,1-2,5-6H2,(H,15,17)(H,16,18). The number of nitrogens with zero attached hydrogens (tertiary/aromatic N) is 1. The van der Waals surface area contributed by atoms with Crippen molar-refractivity contribution in [1.29, 1.82) is 0 Å². The number of aromatic nitrogens is 1. The summed E-state index contributed by atoms with van der Waals surface area (Å²) in [5, 5.41) is 5.77. The van der Waals surface area contributed by atoms with Crippen molar-refractivity contribution in [2.45, 2.75) is 12.8 Å². The summed E-state index contributed by atoms with van der Waals surface area (Å²) in [6.45, 7) is 0.819. The van der Waals surface area contributed by atoms with Gasteiger partial charge < -0.3 is 10.6 Å². The first kappa shape index (κ1) is 12.8. The maximum atomic E-state index is 11.7. The molecule has 18 heavy (non-hydrogen) atoms. The lowest BCUT2D eigenvalue weighted by molar-refractivity contribution is -0.122. The van der Waals surface area contributed by atoms with E-state index in [1.165, 1.54) is 12.4 Å². The summed E-state index contributed by atoms with van der Waals surface area (Å²) in [4.78, 5) is 26.8. The van der Waals surface area contributed by atoms with Crippen LogP contribution in [0.25, 0.3) is 0 Å². The third-order valence-electron chi connectivity index (χ3n) is 2.68. The van der Waals surface area contributed by atoms with Gasteiger partial charge in [-0.05, 0) is 18.9 Å². The van der Waals surface area contributed by atoms with Gasteiger partial charge in [-0.3, -0.25) is 14.6 Å². The Balaban J connectivity index is 1.71. The number of nitrogens with one attached hydrogen (secondary N) is 2. The Morgan fingerprint density at radius 3 is 2.72 bits per heavy atom. The molecule has 1 aromatic rings. The Morgan fingerprint density at radius 1 is 1.33 bits per heavy atom. The molecule has 1 aromatic heterocycles. The monoisotopic (exact) mass is 267 g/mol. The van der Waals surface area contributed by atoms with Crippen molar-refractivity contribution in [3.63, 3.8) is 0 Å². The van der Waals surface area contributed by atoms with Gasteiger partial charge in [0.1, 0.15) is 0 Å². The summed E-state index contributed by atoms with van der Waals surface area (Å²) in [7, 11) is 0. The predicted molar refractivity (Wildman–Crippen MR) is 67.3 cm³/mol. The molecule has 0 spiro atoms. The summed E-state index contributed by atoms with van der Waals surface area (Å²) >= 11 is 5.84. The highest BCUT2D eigenvalue weighted by Gasteiger charge is 2.28. The first-order valence-electron chi connectivity index (χ1n) is 5.84. The number of hydrogen-bond donors (Lipinski definition) is 2. The predicted octanol–water partition coefficient (Wildman–Crippen LogP) is 0.991. The Labute approximate surface area is 110 Å². The molecule has 0 aliphatic heterocycles. The van der Waals surface area contributed by atoms with Crippen molar-refractivity contribution in [2.75, 3.05) is 13.1 Å². The van der Waals surface area contributed by atoms with E-state index in [9.17, 15) is 9.59 Å². The Morgan fingerprint density at radius 2 is 2.06 bits per heavy atom. The molecule has 0 aromatic carbocycles. The van der Waals surface area contributed by atoms with Crippen LogP contribution in [0.4, 0.5) is 0 Å². The molecular weight excluding hydrogens is 254 g/mol. The lowest BCUT2D eigenvalue weighted by atomic mass is 10.2. The number of carbonyl (C=O) groups is 2. The minimum atomic E-state index is -0.261. The molecule has 1 saturated carbocycles. The van der Waals surface area contributed by atoms with E-state index in [0.717, 1.165) is 12.8 Å². The van der Waals surface area contributed by atoms with Crippen LogP contribution in [0, 0.1) is 5.92 Å². The molecule has 0 unspecified atom stereocenters. The van der Waals surface area contributed by atoms with Crippen LogP contribution in [0.2, 0.25) is 5.02 Å². The Kier molecular flexibility index (Phi) is 4.15. The van der Waals surface area contributed by atoms with Crippen LogP contribution in [0.1, 0.15) is 23.2 Å². The molecule has 0 bridgehead atoms. The van der Waals surface area contributed by atoms with Crippen LogP contribution in [-0.4, -0.2) is 29.9 Å². The van der Waals surface area contributed by atoms with Gasteiger partial charge in [0.2, 0.25) is 5.91 Å². The lowest BCUT2D eigenvalue weighted by Crippen LogP contribution is -2.35. The summed E-state index contributed by atoms with van der Waals surface area (Å²) in [6.07, 6.45) is 4.89. The number of amides is 2. The molecule has 2 rings (SSSR count). The maximum absolute atomic E-state index is 11.7. The second-order valence-corrected chi connectivity index (χ2v) is 4.58. The van der Waals surface area contributed by atoms with Crippen molar-refractivity contribution in [1.82, 2.24) is 15.6 Å². The highest BCUT2D eigenvalue weighted by Crippen LogP contribution is 2.28. The Bertz CT molecular complexity index is 460. The molecule has 96 valence electrons. The fourth-order valence-electron chi connectivity index (χ4n) is 1.51. The fraction of sp³-hybridized carbons (Fsp3) is 0.417. The van der Waals surface area contributed by atoms with Crippen molar-refractivity contribution in [3.8, 4) is 0 Å². The molecule has 1 heterocycles. The lowest BCUT2D eigenvalue weighted by Gasteiger charge is -2.07. The molecule has 1 aliphatic rings. The first-order chi connectivity index (χ1) is 8.68. The van der Waals surface area contributed by atoms with Gasteiger partial charge in [-0.15, -0.1) is 0 Å². The van der Waals surface area contributed by atoms with Crippen LogP contribution >= 0.6 is 11.6 Å². The first-order valence-corrected chi connectivity index (χ1v) is 6.21. The van der Waals surface area contributed by atoms with E-state index in [-0.39, 0.29) is 17.7 Å². The largest absolute Gasteiger partial charge is 0.354 e.